The van der Waals surface area contributed by atoms with Crippen molar-refractivity contribution in [1.29, 1.82) is 0 Å². The van der Waals surface area contributed by atoms with Gasteiger partial charge in [0.2, 0.25) is 5.91 Å². The van der Waals surface area contributed by atoms with E-state index in [9.17, 15) is 4.79 Å². The van der Waals surface area contributed by atoms with Crippen molar-refractivity contribution >= 4 is 23.2 Å². The summed E-state index contributed by atoms with van der Waals surface area (Å²) < 4.78 is 10.7. The number of halogens is 1. The number of benzene rings is 2. The fraction of sp³-hybridized carbons (Fsp3) is 0.350. The standard InChI is InChI=1S/C20H23ClN2O3/c1-25-16-9-10-19(26-2)14(11-16)13-23(15-7-8-15)20(24)12-22-18-6-4-3-5-17(18)21/h3-6,9-11,15,22H,7-8,12-13H2,1-2H3. The average Bonchev–Trinajstić information content (AvgIpc) is 3.50. The van der Waals surface area contributed by atoms with Gasteiger partial charge in [-0.05, 0) is 43.2 Å². The fourth-order valence-electron chi connectivity index (χ4n) is 2.87. The van der Waals surface area contributed by atoms with Gasteiger partial charge in [-0.25, -0.2) is 0 Å². The van der Waals surface area contributed by atoms with Crippen LogP contribution in [0.1, 0.15) is 18.4 Å². The third-order valence-corrected chi connectivity index (χ3v) is 4.77. The van der Waals surface area contributed by atoms with Crippen molar-refractivity contribution in [3.63, 3.8) is 0 Å². The number of nitrogens with zero attached hydrogens (tertiary/aromatic N) is 1. The molecule has 138 valence electrons. The second kappa shape index (κ2) is 8.32. The maximum Gasteiger partial charge on any atom is 0.242 e. The molecule has 1 saturated carbocycles. The quantitative estimate of drug-likeness (QED) is 0.759. The summed E-state index contributed by atoms with van der Waals surface area (Å²) >= 11 is 6.15. The second-order valence-corrected chi connectivity index (χ2v) is 6.67. The first-order valence-electron chi connectivity index (χ1n) is 8.61. The number of rotatable bonds is 8. The number of methoxy groups -OCH3 is 2. The lowest BCUT2D eigenvalue weighted by Gasteiger charge is -2.24. The molecule has 0 saturated heterocycles. The summed E-state index contributed by atoms with van der Waals surface area (Å²) in [4.78, 5) is 14.7. The van der Waals surface area contributed by atoms with Gasteiger partial charge >= 0.3 is 0 Å². The van der Waals surface area contributed by atoms with Gasteiger partial charge in [-0.1, -0.05) is 23.7 Å². The van der Waals surface area contributed by atoms with Crippen molar-refractivity contribution in [3.8, 4) is 11.5 Å². The number of hydrogen-bond acceptors (Lipinski definition) is 4. The Morgan fingerprint density at radius 1 is 1.19 bits per heavy atom. The summed E-state index contributed by atoms with van der Waals surface area (Å²) in [6, 6.07) is 13.3. The molecule has 0 bridgehead atoms. The molecule has 0 spiro atoms. The van der Waals surface area contributed by atoms with E-state index in [1.807, 2.05) is 41.3 Å². The van der Waals surface area contributed by atoms with Gasteiger partial charge in [0.05, 0.1) is 31.5 Å². The van der Waals surface area contributed by atoms with Gasteiger partial charge in [0, 0.05) is 18.2 Å². The molecule has 1 aliphatic carbocycles. The molecule has 1 N–H and O–H groups in total. The van der Waals surface area contributed by atoms with E-state index in [4.69, 9.17) is 21.1 Å². The lowest BCUT2D eigenvalue weighted by molar-refractivity contribution is -0.130. The van der Waals surface area contributed by atoms with Crippen LogP contribution in [-0.2, 0) is 11.3 Å². The number of ether oxygens (including phenoxy) is 2. The van der Waals surface area contributed by atoms with E-state index in [0.717, 1.165) is 35.6 Å². The molecule has 1 fully saturated rings. The lowest BCUT2D eigenvalue weighted by Crippen LogP contribution is -2.37. The number of para-hydroxylation sites is 1. The molecule has 1 aliphatic rings. The van der Waals surface area contributed by atoms with E-state index in [0.29, 0.717) is 11.6 Å². The SMILES string of the molecule is COc1ccc(OC)c(CN(C(=O)CNc2ccccc2Cl)C2CC2)c1. The van der Waals surface area contributed by atoms with Gasteiger partial charge in [-0.2, -0.15) is 0 Å². The van der Waals surface area contributed by atoms with Crippen LogP contribution in [0, 0.1) is 0 Å². The Morgan fingerprint density at radius 3 is 2.62 bits per heavy atom. The highest BCUT2D eigenvalue weighted by molar-refractivity contribution is 6.33. The summed E-state index contributed by atoms with van der Waals surface area (Å²) in [6.45, 7) is 0.695. The van der Waals surface area contributed by atoms with Crippen LogP contribution in [0.25, 0.3) is 0 Å². The third-order valence-electron chi connectivity index (χ3n) is 4.44. The minimum atomic E-state index is 0.0392. The van der Waals surface area contributed by atoms with Crippen LogP contribution < -0.4 is 14.8 Å². The maximum absolute atomic E-state index is 12.8. The summed E-state index contributed by atoms with van der Waals surface area (Å²) in [5, 5.41) is 3.74. The smallest absolute Gasteiger partial charge is 0.242 e. The van der Waals surface area contributed by atoms with Crippen LogP contribution in [0.3, 0.4) is 0 Å². The highest BCUT2D eigenvalue weighted by Crippen LogP contribution is 2.32. The summed E-state index contributed by atoms with van der Waals surface area (Å²) in [5.41, 5.74) is 1.70. The Balaban J connectivity index is 1.71. The molecule has 0 atom stereocenters. The predicted molar refractivity (Wildman–Crippen MR) is 103 cm³/mol. The Hall–Kier alpha value is -2.40. The Labute approximate surface area is 158 Å². The molecule has 6 heteroatoms. The minimum absolute atomic E-state index is 0.0392. The fourth-order valence-corrected chi connectivity index (χ4v) is 3.08. The highest BCUT2D eigenvalue weighted by atomic mass is 35.5. The molecule has 1 amide bonds. The van der Waals surface area contributed by atoms with Crippen molar-refractivity contribution in [2.24, 2.45) is 0 Å². The Kier molecular flexibility index (Phi) is 5.89. The molecular formula is C20H23ClN2O3. The zero-order valence-corrected chi connectivity index (χ0v) is 15.8. The minimum Gasteiger partial charge on any atom is -0.497 e. The van der Waals surface area contributed by atoms with E-state index < -0.39 is 0 Å². The average molecular weight is 375 g/mol. The van der Waals surface area contributed by atoms with Crippen LogP contribution in [0.2, 0.25) is 5.02 Å². The molecule has 26 heavy (non-hydrogen) atoms. The lowest BCUT2D eigenvalue weighted by atomic mass is 10.1. The summed E-state index contributed by atoms with van der Waals surface area (Å²) in [7, 11) is 3.26. The van der Waals surface area contributed by atoms with Crippen molar-refractivity contribution in [2.75, 3.05) is 26.1 Å². The van der Waals surface area contributed by atoms with Gasteiger partial charge in [0.1, 0.15) is 11.5 Å². The van der Waals surface area contributed by atoms with E-state index in [-0.39, 0.29) is 18.5 Å². The molecule has 5 nitrogen and oxygen atoms in total. The first-order valence-corrected chi connectivity index (χ1v) is 8.99. The van der Waals surface area contributed by atoms with Crippen LogP contribution in [0.4, 0.5) is 5.69 Å². The number of amides is 1. The number of anilines is 1. The van der Waals surface area contributed by atoms with Crippen molar-refractivity contribution in [1.82, 2.24) is 4.90 Å². The van der Waals surface area contributed by atoms with E-state index in [2.05, 4.69) is 5.32 Å². The third kappa shape index (κ3) is 4.41. The van der Waals surface area contributed by atoms with Crippen LogP contribution in [0.15, 0.2) is 42.5 Å². The molecular weight excluding hydrogens is 352 g/mol. The summed E-state index contributed by atoms with van der Waals surface area (Å²) in [6.07, 6.45) is 2.06. The Bertz CT molecular complexity index is 777. The molecule has 3 rings (SSSR count). The van der Waals surface area contributed by atoms with Gasteiger partial charge < -0.3 is 19.7 Å². The van der Waals surface area contributed by atoms with E-state index in [1.54, 1.807) is 20.3 Å². The van der Waals surface area contributed by atoms with Crippen LogP contribution >= 0.6 is 11.6 Å². The molecule has 0 unspecified atom stereocenters. The van der Waals surface area contributed by atoms with Crippen LogP contribution in [0.5, 0.6) is 11.5 Å². The topological polar surface area (TPSA) is 50.8 Å². The number of nitrogens with one attached hydrogen (secondary N) is 1. The normalized spacial score (nSPS) is 13.2. The monoisotopic (exact) mass is 374 g/mol. The van der Waals surface area contributed by atoms with E-state index in [1.165, 1.54) is 0 Å². The van der Waals surface area contributed by atoms with E-state index >= 15 is 0 Å². The zero-order valence-electron chi connectivity index (χ0n) is 15.0. The largest absolute Gasteiger partial charge is 0.497 e. The van der Waals surface area contributed by atoms with Gasteiger partial charge in [-0.15, -0.1) is 0 Å². The molecule has 0 radical (unpaired) electrons. The van der Waals surface area contributed by atoms with Crippen molar-refractivity contribution in [3.05, 3.63) is 53.1 Å². The molecule has 2 aromatic rings. The predicted octanol–water partition coefficient (Wildman–Crippen LogP) is 3.96. The first-order chi connectivity index (χ1) is 12.6. The second-order valence-electron chi connectivity index (χ2n) is 6.26. The van der Waals surface area contributed by atoms with Crippen molar-refractivity contribution in [2.45, 2.75) is 25.4 Å². The molecule has 2 aromatic carbocycles. The molecule has 0 aromatic heterocycles. The number of hydrogen-bond donors (Lipinski definition) is 1. The van der Waals surface area contributed by atoms with Gasteiger partial charge in [-0.3, -0.25) is 4.79 Å². The Morgan fingerprint density at radius 2 is 1.96 bits per heavy atom. The molecule has 0 aliphatic heterocycles. The number of carbonyl (C=O) groups excluding carboxylic acids is 1. The van der Waals surface area contributed by atoms with Gasteiger partial charge in [0.15, 0.2) is 0 Å². The maximum atomic E-state index is 12.8. The highest BCUT2D eigenvalue weighted by Gasteiger charge is 2.33. The number of carbonyl (C=O) groups is 1. The van der Waals surface area contributed by atoms with Crippen molar-refractivity contribution < 1.29 is 14.3 Å². The molecule has 0 heterocycles. The van der Waals surface area contributed by atoms with Crippen LogP contribution in [-0.4, -0.2) is 37.6 Å². The zero-order chi connectivity index (χ0) is 18.5. The first kappa shape index (κ1) is 18.4. The van der Waals surface area contributed by atoms with Gasteiger partial charge in [0.25, 0.3) is 0 Å². The summed E-state index contributed by atoms with van der Waals surface area (Å²) in [5.74, 6) is 1.54.